The molecule has 4 saturated carbocycles. The zero-order valence-corrected chi connectivity index (χ0v) is 14.4. The normalized spacial score (nSPS) is 36.3. The van der Waals surface area contributed by atoms with Crippen molar-refractivity contribution in [2.24, 2.45) is 23.2 Å². The highest BCUT2D eigenvalue weighted by Gasteiger charge is 2.49. The van der Waals surface area contributed by atoms with Gasteiger partial charge in [0.25, 0.3) is 5.91 Å². The van der Waals surface area contributed by atoms with Gasteiger partial charge in [0.1, 0.15) is 0 Å². The van der Waals surface area contributed by atoms with E-state index in [1.54, 1.807) is 11.3 Å². The Bertz CT molecular complexity index is 522. The second-order valence-corrected chi connectivity index (χ2v) is 9.00. The van der Waals surface area contributed by atoms with Crippen LogP contribution in [0.4, 0.5) is 0 Å². The fourth-order valence-corrected chi connectivity index (χ4v) is 6.54. The zero-order valence-electron chi connectivity index (χ0n) is 13.6. The second-order valence-electron chi connectivity index (χ2n) is 8.06. The van der Waals surface area contributed by atoms with Crippen molar-refractivity contribution in [1.82, 2.24) is 4.90 Å². The third-order valence-electron chi connectivity index (χ3n) is 6.41. The molecule has 2 unspecified atom stereocenters. The minimum absolute atomic E-state index is 0.256. The smallest absolute Gasteiger partial charge is 0.263 e. The minimum atomic E-state index is 0.256. The molecule has 5 rings (SSSR count). The molecule has 22 heavy (non-hydrogen) atoms. The summed E-state index contributed by atoms with van der Waals surface area (Å²) >= 11 is 1.58. The highest BCUT2D eigenvalue weighted by atomic mass is 32.1. The van der Waals surface area contributed by atoms with Gasteiger partial charge in [-0.15, -0.1) is 11.3 Å². The first kappa shape index (κ1) is 14.7. The highest BCUT2D eigenvalue weighted by Crippen LogP contribution is 2.57. The van der Waals surface area contributed by atoms with Gasteiger partial charge in [-0.2, -0.15) is 0 Å². The summed E-state index contributed by atoms with van der Waals surface area (Å²) in [6.07, 6.45) is 10.0. The first-order valence-corrected chi connectivity index (χ1v) is 9.88. The largest absolute Gasteiger partial charge is 0.338 e. The maximum Gasteiger partial charge on any atom is 0.263 e. The lowest BCUT2D eigenvalue weighted by Gasteiger charge is -2.50. The molecule has 4 fully saturated rings. The van der Waals surface area contributed by atoms with Crippen molar-refractivity contribution in [3.63, 3.8) is 0 Å². The Morgan fingerprint density at radius 3 is 2.50 bits per heavy atom. The zero-order chi connectivity index (χ0) is 15.2. The summed E-state index contributed by atoms with van der Waals surface area (Å²) in [5, 5.41) is 2.01. The van der Waals surface area contributed by atoms with Gasteiger partial charge < -0.3 is 4.90 Å². The lowest BCUT2D eigenvalue weighted by atomic mass is 9.58. The number of fused-ring (bicyclic) bond motifs is 1. The van der Waals surface area contributed by atoms with E-state index >= 15 is 0 Å². The number of hydrogen-bond donors (Lipinski definition) is 0. The molecule has 1 amide bonds. The van der Waals surface area contributed by atoms with Crippen LogP contribution in [-0.4, -0.2) is 23.9 Å². The molecule has 1 heterocycles. The Morgan fingerprint density at radius 1 is 1.23 bits per heavy atom. The maximum atomic E-state index is 12.8. The topological polar surface area (TPSA) is 20.3 Å². The van der Waals surface area contributed by atoms with E-state index < -0.39 is 0 Å². The standard InChI is InChI=1S/C19H27NOS/c1-2-20(18(21)17-4-3-7-22-17)13-19-10-14-5-6-15(11-19)9-16(8-14)12-19/h3-4,7,14-16H,2,5-6,8-13H2,1H3. The Kier molecular flexibility index (Phi) is 3.80. The summed E-state index contributed by atoms with van der Waals surface area (Å²) < 4.78 is 0. The Balaban J connectivity index is 1.55. The summed E-state index contributed by atoms with van der Waals surface area (Å²) in [4.78, 5) is 15.8. The Morgan fingerprint density at radius 2 is 1.91 bits per heavy atom. The van der Waals surface area contributed by atoms with Gasteiger partial charge in [0.15, 0.2) is 0 Å². The SMILES string of the molecule is CCN(CC12CC3CCC(CC(C3)C1)C2)C(=O)c1cccs1. The van der Waals surface area contributed by atoms with Crippen LogP contribution >= 0.6 is 11.3 Å². The molecular formula is C19H27NOS. The van der Waals surface area contributed by atoms with E-state index in [9.17, 15) is 4.79 Å². The molecule has 1 aromatic heterocycles. The van der Waals surface area contributed by atoms with Gasteiger partial charge in [-0.3, -0.25) is 4.79 Å². The van der Waals surface area contributed by atoms with Crippen LogP contribution in [0.25, 0.3) is 0 Å². The molecule has 0 aromatic carbocycles. The number of hydrogen-bond acceptors (Lipinski definition) is 2. The van der Waals surface area contributed by atoms with Crippen molar-refractivity contribution < 1.29 is 4.79 Å². The molecular weight excluding hydrogens is 290 g/mol. The third kappa shape index (κ3) is 2.62. The molecule has 4 aliphatic rings. The minimum Gasteiger partial charge on any atom is -0.338 e. The number of nitrogens with zero attached hydrogens (tertiary/aromatic N) is 1. The molecule has 4 bridgehead atoms. The number of rotatable bonds is 4. The van der Waals surface area contributed by atoms with E-state index in [0.717, 1.165) is 35.7 Å². The average Bonchev–Trinajstić information content (AvgIpc) is 2.95. The number of amides is 1. The summed E-state index contributed by atoms with van der Waals surface area (Å²) in [5.41, 5.74) is 0.440. The van der Waals surface area contributed by atoms with E-state index in [0.29, 0.717) is 5.41 Å². The number of thiophene rings is 1. The average molecular weight is 317 g/mol. The van der Waals surface area contributed by atoms with Crippen molar-refractivity contribution in [2.45, 2.75) is 51.9 Å². The summed E-state index contributed by atoms with van der Waals surface area (Å²) in [5.74, 6) is 3.10. The van der Waals surface area contributed by atoms with E-state index in [4.69, 9.17) is 0 Å². The lowest BCUT2D eigenvalue weighted by Crippen LogP contribution is -2.47. The van der Waals surface area contributed by atoms with Gasteiger partial charge in [-0.1, -0.05) is 18.9 Å². The second kappa shape index (κ2) is 5.67. The fourth-order valence-electron chi connectivity index (χ4n) is 5.85. The van der Waals surface area contributed by atoms with Crippen LogP contribution in [0.15, 0.2) is 17.5 Å². The van der Waals surface area contributed by atoms with Gasteiger partial charge in [-0.05, 0) is 73.6 Å². The molecule has 3 heteroatoms. The van der Waals surface area contributed by atoms with Crippen LogP contribution in [0.1, 0.15) is 61.5 Å². The van der Waals surface area contributed by atoms with Gasteiger partial charge >= 0.3 is 0 Å². The third-order valence-corrected chi connectivity index (χ3v) is 7.27. The fraction of sp³-hybridized carbons (Fsp3) is 0.737. The molecule has 0 aliphatic heterocycles. The first-order valence-electron chi connectivity index (χ1n) is 9.00. The molecule has 2 nitrogen and oxygen atoms in total. The van der Waals surface area contributed by atoms with Crippen molar-refractivity contribution in [1.29, 1.82) is 0 Å². The number of carbonyl (C=O) groups is 1. The highest BCUT2D eigenvalue weighted by molar-refractivity contribution is 7.12. The van der Waals surface area contributed by atoms with Crippen LogP contribution < -0.4 is 0 Å². The Labute approximate surface area is 137 Å². The summed E-state index contributed by atoms with van der Waals surface area (Å²) in [6, 6.07) is 3.96. The number of carbonyl (C=O) groups excluding carboxylic acids is 1. The molecule has 0 spiro atoms. The van der Waals surface area contributed by atoms with Crippen LogP contribution in [0.3, 0.4) is 0 Å². The van der Waals surface area contributed by atoms with Gasteiger partial charge in [0.05, 0.1) is 4.88 Å². The van der Waals surface area contributed by atoms with E-state index in [1.165, 1.54) is 44.9 Å². The lowest BCUT2D eigenvalue weighted by molar-refractivity contribution is 0.00588. The molecule has 0 radical (unpaired) electrons. The molecule has 0 N–H and O–H groups in total. The molecule has 120 valence electrons. The van der Waals surface area contributed by atoms with Crippen molar-refractivity contribution in [3.05, 3.63) is 22.4 Å². The summed E-state index contributed by atoms with van der Waals surface area (Å²) in [7, 11) is 0. The molecule has 2 atom stereocenters. The van der Waals surface area contributed by atoms with Crippen molar-refractivity contribution in [2.75, 3.05) is 13.1 Å². The van der Waals surface area contributed by atoms with Crippen LogP contribution in [0.5, 0.6) is 0 Å². The van der Waals surface area contributed by atoms with Crippen LogP contribution in [0, 0.1) is 23.2 Å². The predicted octanol–water partition coefficient (Wildman–Crippen LogP) is 4.82. The molecule has 1 aromatic rings. The van der Waals surface area contributed by atoms with E-state index in [1.807, 2.05) is 17.5 Å². The van der Waals surface area contributed by atoms with Crippen molar-refractivity contribution >= 4 is 17.2 Å². The quantitative estimate of drug-likeness (QED) is 0.780. The molecule has 4 aliphatic carbocycles. The van der Waals surface area contributed by atoms with Gasteiger partial charge in [-0.25, -0.2) is 0 Å². The maximum absolute atomic E-state index is 12.8. The Hall–Kier alpha value is -0.830. The van der Waals surface area contributed by atoms with Crippen LogP contribution in [0.2, 0.25) is 0 Å². The monoisotopic (exact) mass is 317 g/mol. The van der Waals surface area contributed by atoms with Gasteiger partial charge in [0, 0.05) is 13.1 Å². The van der Waals surface area contributed by atoms with Gasteiger partial charge in [0.2, 0.25) is 0 Å². The molecule has 0 saturated heterocycles. The van der Waals surface area contributed by atoms with E-state index in [2.05, 4.69) is 11.8 Å². The van der Waals surface area contributed by atoms with Crippen LogP contribution in [-0.2, 0) is 0 Å². The first-order chi connectivity index (χ1) is 10.7. The van der Waals surface area contributed by atoms with Crippen molar-refractivity contribution in [3.8, 4) is 0 Å². The summed E-state index contributed by atoms with van der Waals surface area (Å²) in [6.45, 7) is 3.99. The predicted molar refractivity (Wildman–Crippen MR) is 91.1 cm³/mol. The van der Waals surface area contributed by atoms with E-state index in [-0.39, 0.29) is 5.91 Å².